The topological polar surface area (TPSA) is 72.4 Å². The maximum absolute atomic E-state index is 12.7. The van der Waals surface area contributed by atoms with E-state index in [9.17, 15) is 4.79 Å². The van der Waals surface area contributed by atoms with Gasteiger partial charge in [-0.2, -0.15) is 0 Å². The number of nitrogens with two attached hydrogens (primary N) is 1. The van der Waals surface area contributed by atoms with Crippen molar-refractivity contribution < 1.29 is 9.21 Å². The number of benzene rings is 1. The lowest BCUT2D eigenvalue weighted by Crippen LogP contribution is -2.39. The van der Waals surface area contributed by atoms with Crippen molar-refractivity contribution in [3.8, 4) is 0 Å². The summed E-state index contributed by atoms with van der Waals surface area (Å²) in [7, 11) is 0. The van der Waals surface area contributed by atoms with Crippen LogP contribution in [0.3, 0.4) is 0 Å². The van der Waals surface area contributed by atoms with E-state index >= 15 is 0 Å². The number of oxazole rings is 1. The minimum atomic E-state index is -0.266. The SMILES string of the molecule is CCC(C)C(N)c1nc(C(=O)N2CCC(Cc3ccccc3)CC2)co1. The average molecular weight is 355 g/mol. The first-order valence-corrected chi connectivity index (χ1v) is 9.62. The molecule has 0 saturated carbocycles. The normalized spacial score (nSPS) is 17.9. The summed E-state index contributed by atoms with van der Waals surface area (Å²) in [6.07, 6.45) is 5.54. The Balaban J connectivity index is 1.54. The Morgan fingerprint density at radius 1 is 1.31 bits per heavy atom. The van der Waals surface area contributed by atoms with E-state index in [1.807, 2.05) is 11.0 Å². The van der Waals surface area contributed by atoms with Crippen LogP contribution in [0.15, 0.2) is 41.0 Å². The van der Waals surface area contributed by atoms with Crippen LogP contribution < -0.4 is 5.73 Å². The van der Waals surface area contributed by atoms with Gasteiger partial charge in [-0.15, -0.1) is 0 Å². The van der Waals surface area contributed by atoms with Crippen molar-refractivity contribution in [3.05, 3.63) is 53.7 Å². The number of carbonyl (C=O) groups is 1. The molecule has 2 heterocycles. The van der Waals surface area contributed by atoms with Gasteiger partial charge in [-0.3, -0.25) is 4.79 Å². The van der Waals surface area contributed by atoms with Crippen LogP contribution in [0.25, 0.3) is 0 Å². The highest BCUT2D eigenvalue weighted by Crippen LogP contribution is 2.24. The van der Waals surface area contributed by atoms with Gasteiger partial charge in [-0.1, -0.05) is 50.6 Å². The summed E-state index contributed by atoms with van der Waals surface area (Å²) >= 11 is 0. The van der Waals surface area contributed by atoms with Gasteiger partial charge >= 0.3 is 0 Å². The lowest BCUT2D eigenvalue weighted by molar-refractivity contribution is 0.0684. The molecule has 2 N–H and O–H groups in total. The molecule has 140 valence electrons. The van der Waals surface area contributed by atoms with Crippen molar-refractivity contribution in [1.82, 2.24) is 9.88 Å². The highest BCUT2D eigenvalue weighted by atomic mass is 16.3. The summed E-state index contributed by atoms with van der Waals surface area (Å²) in [6.45, 7) is 5.69. The van der Waals surface area contributed by atoms with Gasteiger partial charge in [0.25, 0.3) is 5.91 Å². The number of aromatic nitrogens is 1. The molecule has 1 aromatic heterocycles. The van der Waals surface area contributed by atoms with Gasteiger partial charge in [0.15, 0.2) is 5.69 Å². The predicted molar refractivity (Wildman–Crippen MR) is 102 cm³/mol. The first kappa shape index (κ1) is 18.6. The minimum absolute atomic E-state index is 0.0467. The van der Waals surface area contributed by atoms with Crippen LogP contribution in [0.1, 0.15) is 61.1 Å². The van der Waals surface area contributed by atoms with Crippen LogP contribution >= 0.6 is 0 Å². The van der Waals surface area contributed by atoms with E-state index in [-0.39, 0.29) is 17.9 Å². The second-order valence-electron chi connectivity index (χ2n) is 7.41. The highest BCUT2D eigenvalue weighted by molar-refractivity contribution is 5.92. The number of piperidine rings is 1. The number of rotatable bonds is 6. The molecule has 0 radical (unpaired) electrons. The molecule has 26 heavy (non-hydrogen) atoms. The summed E-state index contributed by atoms with van der Waals surface area (Å²) in [5, 5.41) is 0. The zero-order valence-corrected chi connectivity index (χ0v) is 15.7. The number of hydrogen-bond donors (Lipinski definition) is 1. The Hall–Kier alpha value is -2.14. The van der Waals surface area contributed by atoms with Crippen LogP contribution in [0, 0.1) is 11.8 Å². The molecule has 2 aromatic rings. The monoisotopic (exact) mass is 355 g/mol. The Bertz CT molecular complexity index is 705. The molecule has 1 aliphatic heterocycles. The zero-order chi connectivity index (χ0) is 18.5. The van der Waals surface area contributed by atoms with Crippen LogP contribution in [-0.4, -0.2) is 28.9 Å². The number of likely N-dealkylation sites (tertiary alicyclic amines) is 1. The molecule has 1 aliphatic rings. The summed E-state index contributed by atoms with van der Waals surface area (Å²) in [5.74, 6) is 1.31. The second kappa shape index (κ2) is 8.49. The van der Waals surface area contributed by atoms with Crippen molar-refractivity contribution in [3.63, 3.8) is 0 Å². The van der Waals surface area contributed by atoms with Crippen LogP contribution in [0.2, 0.25) is 0 Å². The number of amides is 1. The molecule has 2 unspecified atom stereocenters. The molecule has 1 amide bonds. The fourth-order valence-corrected chi connectivity index (χ4v) is 3.49. The molecule has 1 saturated heterocycles. The standard InChI is InChI=1S/C21H29N3O2/c1-3-15(2)19(22)20-23-18(14-26-20)21(25)24-11-9-17(10-12-24)13-16-7-5-4-6-8-16/h4-8,14-15,17,19H,3,9-13,22H2,1-2H3. The maximum Gasteiger partial charge on any atom is 0.275 e. The fraction of sp³-hybridized carbons (Fsp3) is 0.524. The molecular weight excluding hydrogens is 326 g/mol. The van der Waals surface area contributed by atoms with Crippen molar-refractivity contribution in [2.75, 3.05) is 13.1 Å². The summed E-state index contributed by atoms with van der Waals surface area (Å²) < 4.78 is 5.48. The average Bonchev–Trinajstić information content (AvgIpc) is 3.18. The zero-order valence-electron chi connectivity index (χ0n) is 15.7. The van der Waals surface area contributed by atoms with Crippen LogP contribution in [0.5, 0.6) is 0 Å². The summed E-state index contributed by atoms with van der Waals surface area (Å²) in [6, 6.07) is 10.3. The lowest BCUT2D eigenvalue weighted by atomic mass is 9.90. The largest absolute Gasteiger partial charge is 0.446 e. The second-order valence-corrected chi connectivity index (χ2v) is 7.41. The highest BCUT2D eigenvalue weighted by Gasteiger charge is 2.27. The first-order chi connectivity index (χ1) is 12.6. The van der Waals surface area contributed by atoms with E-state index in [0.717, 1.165) is 38.8 Å². The summed E-state index contributed by atoms with van der Waals surface area (Å²) in [5.41, 5.74) is 7.90. The van der Waals surface area contributed by atoms with Crippen LogP contribution in [-0.2, 0) is 6.42 Å². The Kier molecular flexibility index (Phi) is 6.09. The quantitative estimate of drug-likeness (QED) is 0.855. The third-order valence-electron chi connectivity index (χ3n) is 5.55. The minimum Gasteiger partial charge on any atom is -0.446 e. The van der Waals surface area contributed by atoms with Gasteiger partial charge in [0.05, 0.1) is 6.04 Å². The molecule has 0 bridgehead atoms. The fourth-order valence-electron chi connectivity index (χ4n) is 3.49. The Morgan fingerprint density at radius 2 is 2.00 bits per heavy atom. The number of nitrogens with zero attached hydrogens (tertiary/aromatic N) is 2. The van der Waals surface area contributed by atoms with Gasteiger partial charge in [0.2, 0.25) is 5.89 Å². The first-order valence-electron chi connectivity index (χ1n) is 9.62. The molecule has 3 rings (SSSR count). The molecular formula is C21H29N3O2. The molecule has 2 atom stereocenters. The van der Waals surface area contributed by atoms with Gasteiger partial charge in [-0.05, 0) is 36.7 Å². The maximum atomic E-state index is 12.7. The summed E-state index contributed by atoms with van der Waals surface area (Å²) in [4.78, 5) is 18.9. The Morgan fingerprint density at radius 3 is 2.65 bits per heavy atom. The molecule has 0 aliphatic carbocycles. The van der Waals surface area contributed by atoms with Gasteiger partial charge in [0, 0.05) is 13.1 Å². The smallest absolute Gasteiger partial charge is 0.275 e. The predicted octanol–water partition coefficient (Wildman–Crippen LogP) is 3.82. The van der Waals surface area contributed by atoms with E-state index in [2.05, 4.69) is 43.1 Å². The van der Waals surface area contributed by atoms with Gasteiger partial charge < -0.3 is 15.1 Å². The number of hydrogen-bond acceptors (Lipinski definition) is 4. The van der Waals surface area contributed by atoms with E-state index in [1.165, 1.54) is 11.8 Å². The van der Waals surface area contributed by atoms with Crippen LogP contribution in [0.4, 0.5) is 0 Å². The van der Waals surface area contributed by atoms with E-state index in [0.29, 0.717) is 17.5 Å². The molecule has 5 heteroatoms. The van der Waals surface area contributed by atoms with E-state index < -0.39 is 0 Å². The van der Waals surface area contributed by atoms with E-state index in [1.54, 1.807) is 0 Å². The molecule has 1 aromatic carbocycles. The third-order valence-corrected chi connectivity index (χ3v) is 5.55. The molecule has 0 spiro atoms. The lowest BCUT2D eigenvalue weighted by Gasteiger charge is -2.31. The van der Waals surface area contributed by atoms with Crippen molar-refractivity contribution in [2.45, 2.75) is 45.6 Å². The number of carbonyl (C=O) groups excluding carboxylic acids is 1. The van der Waals surface area contributed by atoms with Gasteiger partial charge in [0.1, 0.15) is 6.26 Å². The van der Waals surface area contributed by atoms with Crippen molar-refractivity contribution in [1.29, 1.82) is 0 Å². The Labute approximate surface area is 155 Å². The van der Waals surface area contributed by atoms with Crippen molar-refractivity contribution >= 4 is 5.91 Å². The van der Waals surface area contributed by atoms with Crippen molar-refractivity contribution in [2.24, 2.45) is 17.6 Å². The molecule has 1 fully saturated rings. The van der Waals surface area contributed by atoms with E-state index in [4.69, 9.17) is 10.2 Å². The van der Waals surface area contributed by atoms with Gasteiger partial charge in [-0.25, -0.2) is 4.98 Å². The molecule has 5 nitrogen and oxygen atoms in total. The third kappa shape index (κ3) is 4.33.